The van der Waals surface area contributed by atoms with Gasteiger partial charge in [-0.25, -0.2) is 4.98 Å². The number of halogens is 2. The van der Waals surface area contributed by atoms with Crippen molar-refractivity contribution in [2.75, 3.05) is 0 Å². The molecule has 0 aliphatic rings. The molecule has 1 aromatic carbocycles. The molecule has 0 bridgehead atoms. The van der Waals surface area contributed by atoms with Gasteiger partial charge in [0.2, 0.25) is 5.88 Å². The van der Waals surface area contributed by atoms with Gasteiger partial charge in [0.15, 0.2) is 0 Å². The van der Waals surface area contributed by atoms with Crippen LogP contribution in [-0.2, 0) is 0 Å². The smallest absolute Gasteiger partial charge is 0.225 e. The maximum absolute atomic E-state index is 9.62. The van der Waals surface area contributed by atoms with Crippen LogP contribution in [0.15, 0.2) is 36.5 Å². The molecule has 0 saturated carbocycles. The van der Waals surface area contributed by atoms with Crippen molar-refractivity contribution in [1.29, 1.82) is 0 Å². The van der Waals surface area contributed by atoms with Crippen LogP contribution in [0.3, 0.4) is 0 Å². The summed E-state index contributed by atoms with van der Waals surface area (Å²) in [6.45, 7) is 1.65. The molecule has 18 heavy (non-hydrogen) atoms. The third-order valence-electron chi connectivity index (χ3n) is 2.35. The van der Waals surface area contributed by atoms with Crippen molar-refractivity contribution in [2.24, 2.45) is 0 Å². The first kappa shape index (κ1) is 13.1. The fourth-order valence-corrected chi connectivity index (χ4v) is 1.92. The lowest BCUT2D eigenvalue weighted by Crippen LogP contribution is -1.98. The van der Waals surface area contributed by atoms with Gasteiger partial charge >= 0.3 is 0 Å². The molecule has 3 nitrogen and oxygen atoms in total. The van der Waals surface area contributed by atoms with Crippen molar-refractivity contribution in [3.8, 4) is 11.6 Å². The molecule has 1 unspecified atom stereocenters. The Morgan fingerprint density at radius 1 is 1.28 bits per heavy atom. The molecule has 1 N–H and O–H groups in total. The first-order chi connectivity index (χ1) is 8.58. The zero-order chi connectivity index (χ0) is 13.1. The fraction of sp³-hybridized carbons (Fsp3) is 0.154. The van der Waals surface area contributed by atoms with Crippen LogP contribution in [0.1, 0.15) is 18.6 Å². The Morgan fingerprint density at radius 3 is 2.72 bits per heavy atom. The lowest BCUT2D eigenvalue weighted by molar-refractivity contribution is 0.194. The SMILES string of the molecule is CC(O)c1cccnc1Oc1ccc(Cl)cc1Cl. The summed E-state index contributed by atoms with van der Waals surface area (Å²) in [6.07, 6.45) is 0.921. The summed E-state index contributed by atoms with van der Waals surface area (Å²) in [7, 11) is 0. The predicted octanol–water partition coefficient (Wildman–Crippen LogP) is 4.23. The lowest BCUT2D eigenvalue weighted by Gasteiger charge is -2.12. The second kappa shape index (κ2) is 5.57. The fourth-order valence-electron chi connectivity index (χ4n) is 1.47. The van der Waals surface area contributed by atoms with Gasteiger partial charge in [0.25, 0.3) is 0 Å². The van der Waals surface area contributed by atoms with E-state index in [-0.39, 0.29) is 0 Å². The summed E-state index contributed by atoms with van der Waals surface area (Å²) >= 11 is 11.8. The molecule has 1 aromatic heterocycles. The zero-order valence-electron chi connectivity index (χ0n) is 9.60. The third-order valence-corrected chi connectivity index (χ3v) is 2.88. The van der Waals surface area contributed by atoms with E-state index in [0.29, 0.717) is 27.2 Å². The van der Waals surface area contributed by atoms with Crippen LogP contribution in [0.4, 0.5) is 0 Å². The minimum absolute atomic E-state index is 0.330. The number of aliphatic hydroxyl groups excluding tert-OH is 1. The Kier molecular flexibility index (Phi) is 4.07. The highest BCUT2D eigenvalue weighted by Crippen LogP contribution is 2.33. The van der Waals surface area contributed by atoms with Gasteiger partial charge in [-0.2, -0.15) is 0 Å². The quantitative estimate of drug-likeness (QED) is 0.916. The van der Waals surface area contributed by atoms with E-state index in [1.165, 1.54) is 0 Å². The summed E-state index contributed by atoms with van der Waals surface area (Å²) in [5.74, 6) is 0.776. The third kappa shape index (κ3) is 2.93. The number of hydrogen-bond donors (Lipinski definition) is 1. The largest absolute Gasteiger partial charge is 0.437 e. The van der Waals surface area contributed by atoms with Crippen LogP contribution in [0.5, 0.6) is 11.6 Å². The van der Waals surface area contributed by atoms with E-state index in [2.05, 4.69) is 4.98 Å². The Balaban J connectivity index is 2.34. The van der Waals surface area contributed by atoms with Gasteiger partial charge in [-0.1, -0.05) is 23.2 Å². The summed E-state index contributed by atoms with van der Waals surface area (Å²) in [5.41, 5.74) is 0.600. The Bertz CT molecular complexity index is 558. The van der Waals surface area contributed by atoms with Crippen LogP contribution in [0.2, 0.25) is 10.0 Å². The Hall–Kier alpha value is -1.29. The number of aromatic nitrogens is 1. The average Bonchev–Trinajstić information content (AvgIpc) is 2.33. The standard InChI is InChI=1S/C13H11Cl2NO2/c1-8(17)10-3-2-6-16-13(10)18-12-5-4-9(14)7-11(12)15/h2-8,17H,1H3. The first-order valence-electron chi connectivity index (χ1n) is 5.34. The van der Waals surface area contributed by atoms with Crippen molar-refractivity contribution in [3.63, 3.8) is 0 Å². The van der Waals surface area contributed by atoms with Crippen molar-refractivity contribution < 1.29 is 9.84 Å². The number of rotatable bonds is 3. The van der Waals surface area contributed by atoms with Crippen LogP contribution < -0.4 is 4.74 Å². The van der Waals surface area contributed by atoms with Crippen molar-refractivity contribution in [2.45, 2.75) is 13.0 Å². The number of benzene rings is 1. The van der Waals surface area contributed by atoms with Crippen LogP contribution in [0, 0.1) is 0 Å². The van der Waals surface area contributed by atoms with Crippen molar-refractivity contribution >= 4 is 23.2 Å². The molecule has 1 heterocycles. The number of ether oxygens (including phenoxy) is 1. The monoisotopic (exact) mass is 283 g/mol. The Labute approximate surface area is 115 Å². The highest BCUT2D eigenvalue weighted by Gasteiger charge is 2.12. The molecule has 0 aliphatic heterocycles. The van der Waals surface area contributed by atoms with Crippen LogP contribution in [-0.4, -0.2) is 10.1 Å². The molecule has 0 amide bonds. The second-order valence-electron chi connectivity index (χ2n) is 3.75. The molecular weight excluding hydrogens is 273 g/mol. The molecule has 0 radical (unpaired) electrons. The number of nitrogens with zero attached hydrogens (tertiary/aromatic N) is 1. The molecule has 0 fully saturated rings. The van der Waals surface area contributed by atoms with Crippen molar-refractivity contribution in [1.82, 2.24) is 4.98 Å². The van der Waals surface area contributed by atoms with Crippen molar-refractivity contribution in [3.05, 3.63) is 52.1 Å². The van der Waals surface area contributed by atoms with Crippen LogP contribution >= 0.6 is 23.2 Å². The Morgan fingerprint density at radius 2 is 2.06 bits per heavy atom. The molecular formula is C13H11Cl2NO2. The van der Waals surface area contributed by atoms with Gasteiger partial charge in [-0.05, 0) is 37.3 Å². The molecule has 94 valence electrons. The van der Waals surface area contributed by atoms with E-state index in [9.17, 15) is 5.11 Å². The van der Waals surface area contributed by atoms with E-state index in [1.54, 1.807) is 43.5 Å². The minimum Gasteiger partial charge on any atom is -0.437 e. The number of aliphatic hydroxyl groups is 1. The van der Waals surface area contributed by atoms with Gasteiger partial charge in [0.05, 0.1) is 11.1 Å². The lowest BCUT2D eigenvalue weighted by atomic mass is 10.2. The number of pyridine rings is 1. The van der Waals surface area contributed by atoms with E-state index < -0.39 is 6.10 Å². The molecule has 0 saturated heterocycles. The topological polar surface area (TPSA) is 42.4 Å². The van der Waals surface area contributed by atoms with Crippen LogP contribution in [0.25, 0.3) is 0 Å². The van der Waals surface area contributed by atoms with Gasteiger partial charge < -0.3 is 9.84 Å². The normalized spacial score (nSPS) is 12.2. The highest BCUT2D eigenvalue weighted by molar-refractivity contribution is 6.35. The van der Waals surface area contributed by atoms with E-state index in [4.69, 9.17) is 27.9 Å². The summed E-state index contributed by atoms with van der Waals surface area (Å²) < 4.78 is 5.59. The first-order valence-corrected chi connectivity index (χ1v) is 6.09. The molecule has 2 aromatic rings. The molecule has 0 aliphatic carbocycles. The molecule has 1 atom stereocenters. The maximum Gasteiger partial charge on any atom is 0.225 e. The van der Waals surface area contributed by atoms with E-state index in [0.717, 1.165) is 0 Å². The predicted molar refractivity (Wildman–Crippen MR) is 71.4 cm³/mol. The molecule has 2 rings (SSSR count). The second-order valence-corrected chi connectivity index (χ2v) is 4.59. The minimum atomic E-state index is -0.667. The zero-order valence-corrected chi connectivity index (χ0v) is 11.1. The van der Waals surface area contributed by atoms with Gasteiger partial charge in [-0.3, -0.25) is 0 Å². The summed E-state index contributed by atoms with van der Waals surface area (Å²) in [5, 5.41) is 10.5. The van der Waals surface area contributed by atoms with Gasteiger partial charge in [-0.15, -0.1) is 0 Å². The highest BCUT2D eigenvalue weighted by atomic mass is 35.5. The van der Waals surface area contributed by atoms with E-state index in [1.807, 2.05) is 0 Å². The molecule has 0 spiro atoms. The van der Waals surface area contributed by atoms with Gasteiger partial charge in [0, 0.05) is 16.8 Å². The maximum atomic E-state index is 9.62. The molecule has 5 heteroatoms. The average molecular weight is 284 g/mol. The number of hydrogen-bond acceptors (Lipinski definition) is 3. The summed E-state index contributed by atoms with van der Waals surface area (Å²) in [4.78, 5) is 4.08. The van der Waals surface area contributed by atoms with E-state index >= 15 is 0 Å². The van der Waals surface area contributed by atoms with Gasteiger partial charge in [0.1, 0.15) is 5.75 Å². The summed E-state index contributed by atoms with van der Waals surface area (Å²) in [6, 6.07) is 8.40.